The summed E-state index contributed by atoms with van der Waals surface area (Å²) in [6.45, 7) is 6.81. The van der Waals surface area contributed by atoms with Crippen molar-refractivity contribution in [3.8, 4) is 0 Å². The quantitative estimate of drug-likeness (QED) is 0.739. The summed E-state index contributed by atoms with van der Waals surface area (Å²) in [5.41, 5.74) is 5.01. The molecule has 1 aliphatic carbocycles. The number of nitrogens with zero attached hydrogens (tertiary/aromatic N) is 5. The van der Waals surface area contributed by atoms with Gasteiger partial charge in [-0.2, -0.15) is 5.10 Å². The van der Waals surface area contributed by atoms with E-state index < -0.39 is 0 Å². The maximum atomic E-state index is 13.2. The topological polar surface area (TPSA) is 79.7 Å². The molecule has 1 fully saturated rings. The summed E-state index contributed by atoms with van der Waals surface area (Å²) in [4.78, 5) is 24.4. The van der Waals surface area contributed by atoms with Crippen LogP contribution in [0.5, 0.6) is 0 Å². The summed E-state index contributed by atoms with van der Waals surface area (Å²) in [6.07, 6.45) is 8.92. The van der Waals surface area contributed by atoms with Crippen molar-refractivity contribution in [3.05, 3.63) is 41.2 Å². The molecule has 1 amide bonds. The van der Waals surface area contributed by atoms with Crippen molar-refractivity contribution < 1.29 is 4.79 Å². The van der Waals surface area contributed by atoms with Crippen LogP contribution in [0, 0.1) is 5.92 Å². The zero-order valence-corrected chi connectivity index (χ0v) is 17.2. The normalized spacial score (nSPS) is 19.3. The van der Waals surface area contributed by atoms with Gasteiger partial charge in [0.25, 0.3) is 5.91 Å². The highest BCUT2D eigenvalue weighted by molar-refractivity contribution is 5.94. The number of aromatic amines is 1. The van der Waals surface area contributed by atoms with E-state index in [1.165, 1.54) is 6.42 Å². The van der Waals surface area contributed by atoms with E-state index >= 15 is 0 Å². The number of hydrogen-bond acceptors (Lipinski definition) is 4. The molecule has 152 valence electrons. The SMILES string of the molecule is CC(C)Cn1c(C2CCN(C(=O)c3n[nH]c4c3CCCC4)C2)nc2ccncc21. The van der Waals surface area contributed by atoms with Crippen LogP contribution in [0.4, 0.5) is 0 Å². The lowest BCUT2D eigenvalue weighted by atomic mass is 9.95. The van der Waals surface area contributed by atoms with Crippen LogP contribution in [-0.4, -0.2) is 48.6 Å². The number of carbonyl (C=O) groups is 1. The molecule has 2 aliphatic rings. The number of aryl methyl sites for hydroxylation is 1. The fourth-order valence-corrected chi connectivity index (χ4v) is 4.82. The van der Waals surface area contributed by atoms with Gasteiger partial charge in [-0.25, -0.2) is 4.98 Å². The van der Waals surface area contributed by atoms with Crippen LogP contribution in [0.25, 0.3) is 11.0 Å². The average molecular weight is 393 g/mol. The Morgan fingerprint density at radius 2 is 2.17 bits per heavy atom. The lowest BCUT2D eigenvalue weighted by Crippen LogP contribution is -2.30. The number of likely N-dealkylation sites (tertiary alicyclic amines) is 1. The van der Waals surface area contributed by atoms with Gasteiger partial charge < -0.3 is 9.47 Å². The van der Waals surface area contributed by atoms with Crippen LogP contribution in [0.15, 0.2) is 18.5 Å². The van der Waals surface area contributed by atoms with Gasteiger partial charge in [-0.1, -0.05) is 13.8 Å². The summed E-state index contributed by atoms with van der Waals surface area (Å²) in [5.74, 6) is 1.92. The molecule has 3 aromatic heterocycles. The van der Waals surface area contributed by atoms with Gasteiger partial charge in [-0.05, 0) is 44.1 Å². The number of carbonyl (C=O) groups excluding carboxylic acids is 1. The highest BCUT2D eigenvalue weighted by atomic mass is 16.2. The molecule has 1 saturated heterocycles. The Labute approximate surface area is 170 Å². The number of hydrogen-bond donors (Lipinski definition) is 1. The molecule has 4 heterocycles. The van der Waals surface area contributed by atoms with Crippen LogP contribution in [0.3, 0.4) is 0 Å². The maximum absolute atomic E-state index is 13.2. The Hall–Kier alpha value is -2.70. The number of nitrogens with one attached hydrogen (secondary N) is 1. The van der Waals surface area contributed by atoms with Gasteiger partial charge in [0.2, 0.25) is 0 Å². The first-order valence-corrected chi connectivity index (χ1v) is 10.8. The summed E-state index contributed by atoms with van der Waals surface area (Å²) in [7, 11) is 0. The minimum Gasteiger partial charge on any atom is -0.336 e. The highest BCUT2D eigenvalue weighted by Crippen LogP contribution is 2.31. The average Bonchev–Trinajstić information content (AvgIpc) is 3.44. The predicted octanol–water partition coefficient (Wildman–Crippen LogP) is 3.32. The Kier molecular flexibility index (Phi) is 4.60. The number of H-pyrrole nitrogens is 1. The Morgan fingerprint density at radius 1 is 1.31 bits per heavy atom. The lowest BCUT2D eigenvalue weighted by molar-refractivity contribution is 0.0783. The second-order valence-electron chi connectivity index (χ2n) is 8.81. The van der Waals surface area contributed by atoms with E-state index in [0.717, 1.165) is 66.9 Å². The van der Waals surface area contributed by atoms with Crippen LogP contribution < -0.4 is 0 Å². The first kappa shape index (κ1) is 18.3. The van der Waals surface area contributed by atoms with E-state index in [4.69, 9.17) is 4.98 Å². The Balaban J connectivity index is 1.41. The molecular formula is C22H28N6O. The van der Waals surface area contributed by atoms with Gasteiger partial charge in [0.05, 0.1) is 17.2 Å². The fraction of sp³-hybridized carbons (Fsp3) is 0.545. The predicted molar refractivity (Wildman–Crippen MR) is 111 cm³/mol. The molecule has 1 atom stereocenters. The Bertz CT molecular complexity index is 1050. The zero-order valence-electron chi connectivity index (χ0n) is 17.2. The van der Waals surface area contributed by atoms with Gasteiger partial charge >= 0.3 is 0 Å². The molecule has 7 nitrogen and oxygen atoms in total. The molecule has 0 aromatic carbocycles. The summed E-state index contributed by atoms with van der Waals surface area (Å²) < 4.78 is 2.31. The summed E-state index contributed by atoms with van der Waals surface area (Å²) in [6, 6.07) is 1.98. The number of amides is 1. The van der Waals surface area contributed by atoms with Crippen molar-refractivity contribution in [2.75, 3.05) is 13.1 Å². The molecule has 0 radical (unpaired) electrons. The van der Waals surface area contributed by atoms with Crippen molar-refractivity contribution in [3.63, 3.8) is 0 Å². The van der Waals surface area contributed by atoms with E-state index in [2.05, 4.69) is 33.6 Å². The monoisotopic (exact) mass is 392 g/mol. The third-order valence-corrected chi connectivity index (χ3v) is 6.23. The number of imidazole rings is 1. The zero-order chi connectivity index (χ0) is 20.0. The second-order valence-corrected chi connectivity index (χ2v) is 8.81. The molecule has 0 bridgehead atoms. The van der Waals surface area contributed by atoms with Crippen molar-refractivity contribution in [1.82, 2.24) is 29.6 Å². The summed E-state index contributed by atoms with van der Waals surface area (Å²) in [5, 5.41) is 7.49. The van der Waals surface area contributed by atoms with E-state index in [-0.39, 0.29) is 11.8 Å². The van der Waals surface area contributed by atoms with Crippen molar-refractivity contribution >= 4 is 16.9 Å². The first-order chi connectivity index (χ1) is 14.1. The van der Waals surface area contributed by atoms with E-state index in [9.17, 15) is 4.79 Å². The van der Waals surface area contributed by atoms with Crippen molar-refractivity contribution in [1.29, 1.82) is 0 Å². The minimum absolute atomic E-state index is 0.0695. The van der Waals surface area contributed by atoms with Crippen LogP contribution in [-0.2, 0) is 19.4 Å². The van der Waals surface area contributed by atoms with Gasteiger partial charge in [0, 0.05) is 43.0 Å². The third-order valence-electron chi connectivity index (χ3n) is 6.23. The smallest absolute Gasteiger partial charge is 0.274 e. The third kappa shape index (κ3) is 3.22. The minimum atomic E-state index is 0.0695. The van der Waals surface area contributed by atoms with Gasteiger partial charge in [-0.3, -0.25) is 14.9 Å². The molecular weight excluding hydrogens is 364 g/mol. The first-order valence-electron chi connectivity index (χ1n) is 10.8. The maximum Gasteiger partial charge on any atom is 0.274 e. The second kappa shape index (κ2) is 7.28. The lowest BCUT2D eigenvalue weighted by Gasteiger charge is -2.18. The van der Waals surface area contributed by atoms with Crippen molar-refractivity contribution in [2.45, 2.75) is 58.4 Å². The molecule has 1 unspecified atom stereocenters. The fourth-order valence-electron chi connectivity index (χ4n) is 4.82. The van der Waals surface area contributed by atoms with Crippen LogP contribution in [0.2, 0.25) is 0 Å². The highest BCUT2D eigenvalue weighted by Gasteiger charge is 2.34. The molecule has 1 N–H and O–H groups in total. The van der Waals surface area contributed by atoms with Gasteiger partial charge in [0.15, 0.2) is 5.69 Å². The summed E-state index contributed by atoms with van der Waals surface area (Å²) >= 11 is 0. The Morgan fingerprint density at radius 3 is 3.03 bits per heavy atom. The molecule has 7 heteroatoms. The molecule has 0 saturated carbocycles. The number of fused-ring (bicyclic) bond motifs is 2. The number of aromatic nitrogens is 5. The standard InChI is InChI=1S/C22H28N6O/c1-14(2)12-28-19-11-23-9-7-18(19)24-21(28)15-8-10-27(13-15)22(29)20-16-5-3-4-6-17(16)25-26-20/h7,9,11,14-15H,3-6,8,10,12-13H2,1-2H3,(H,25,26). The van der Waals surface area contributed by atoms with Crippen LogP contribution in [0.1, 0.15) is 66.6 Å². The van der Waals surface area contributed by atoms with Crippen molar-refractivity contribution in [2.24, 2.45) is 5.92 Å². The molecule has 3 aromatic rings. The van der Waals surface area contributed by atoms with Gasteiger partial charge in [0.1, 0.15) is 5.82 Å². The van der Waals surface area contributed by atoms with E-state index in [0.29, 0.717) is 18.2 Å². The molecule has 0 spiro atoms. The molecule has 29 heavy (non-hydrogen) atoms. The number of pyridine rings is 1. The molecule has 1 aliphatic heterocycles. The molecule has 5 rings (SSSR count). The van der Waals surface area contributed by atoms with E-state index in [1.807, 2.05) is 17.2 Å². The van der Waals surface area contributed by atoms with E-state index in [1.54, 1.807) is 6.20 Å². The van der Waals surface area contributed by atoms with Gasteiger partial charge in [-0.15, -0.1) is 0 Å². The van der Waals surface area contributed by atoms with Crippen LogP contribution >= 0.6 is 0 Å². The largest absolute Gasteiger partial charge is 0.336 e. The number of rotatable bonds is 4.